The van der Waals surface area contributed by atoms with Crippen molar-refractivity contribution in [1.82, 2.24) is 0 Å². The van der Waals surface area contributed by atoms with Gasteiger partial charge in [-0.3, -0.25) is 0 Å². The summed E-state index contributed by atoms with van der Waals surface area (Å²) in [6, 6.07) is 26.2. The Morgan fingerprint density at radius 1 is 0.579 bits per heavy atom. The molecule has 188 valence electrons. The van der Waals surface area contributed by atoms with Crippen LogP contribution in [-0.2, 0) is 4.65 Å². The summed E-state index contributed by atoms with van der Waals surface area (Å²) >= 11 is 0. The Balaban J connectivity index is 1.80. The van der Waals surface area contributed by atoms with Crippen molar-refractivity contribution in [3.63, 3.8) is 0 Å². The van der Waals surface area contributed by atoms with Gasteiger partial charge in [0.2, 0.25) is 0 Å². The molecule has 0 unspecified atom stereocenters. The zero-order valence-electron chi connectivity index (χ0n) is 22.8. The van der Waals surface area contributed by atoms with Crippen LogP contribution in [0.25, 0.3) is 27.8 Å². The molecule has 0 radical (unpaired) electrons. The summed E-state index contributed by atoms with van der Waals surface area (Å²) < 4.78 is 6.54. The largest absolute Gasteiger partial charge is 0.425 e. The van der Waals surface area contributed by atoms with Gasteiger partial charge in [0, 0.05) is 10.9 Å². The predicted molar refractivity (Wildman–Crippen MR) is 166 cm³/mol. The maximum Gasteiger partial charge on any atom is 0.335 e. The average molecular weight is 494 g/mol. The Bertz CT molecular complexity index is 1460. The Kier molecular flexibility index (Phi) is 7.36. The number of hydrogen-bond acceptors (Lipinski definition) is 1. The van der Waals surface area contributed by atoms with Gasteiger partial charge in [-0.1, -0.05) is 153 Å². The molecule has 3 aromatic rings. The first kappa shape index (κ1) is 25.8. The van der Waals surface area contributed by atoms with Crippen LogP contribution < -0.4 is 5.46 Å². The fraction of sp³-hybridized carbons (Fsp3) is 0.167. The number of rotatable bonds is 4. The lowest BCUT2D eigenvalue weighted by Gasteiger charge is -2.57. The molecule has 0 atom stereocenters. The van der Waals surface area contributed by atoms with Crippen molar-refractivity contribution in [1.29, 1.82) is 0 Å². The van der Waals surface area contributed by atoms with Gasteiger partial charge in [0.1, 0.15) is 0 Å². The van der Waals surface area contributed by atoms with E-state index in [1.165, 1.54) is 33.3 Å². The van der Waals surface area contributed by atoms with Crippen molar-refractivity contribution in [2.24, 2.45) is 0 Å². The summed E-state index contributed by atoms with van der Waals surface area (Å²) in [5.74, 6) is 0. The molecular weight excluding hydrogens is 459 g/mol. The standard InChI is InChI=1S/C36H35BO/c1-35(2)36(3,4)38-37(35)31-26-32(28-20-14-10-8-6-5-7-9-11-15-21-28)34(30-24-18-13-19-25-30)33(27-31)29-22-16-12-17-23-29/h5-27H,1-4H3/b6-5-,7-5?,8-6?,9-7-,10-8+,11-9?,14-10?,15-11-,20-14+,21-15?,28-20?,28-21+. The minimum absolute atomic E-state index is 0.00296. The zero-order valence-corrected chi connectivity index (χ0v) is 22.8. The third kappa shape index (κ3) is 5.10. The molecule has 0 aromatic heterocycles. The third-order valence-corrected chi connectivity index (χ3v) is 7.98. The molecule has 0 spiro atoms. The quantitative estimate of drug-likeness (QED) is 0.329. The van der Waals surface area contributed by atoms with Crippen molar-refractivity contribution in [2.45, 2.75) is 38.6 Å². The number of benzene rings is 3. The van der Waals surface area contributed by atoms with Crippen molar-refractivity contribution >= 4 is 18.0 Å². The van der Waals surface area contributed by atoms with E-state index in [1.54, 1.807) is 0 Å². The molecule has 1 nitrogen and oxygen atoms in total. The maximum absolute atomic E-state index is 6.54. The molecule has 2 aliphatic rings. The van der Waals surface area contributed by atoms with Crippen LogP contribution in [0.4, 0.5) is 0 Å². The number of allylic oxidation sites excluding steroid dienone is 12. The van der Waals surface area contributed by atoms with E-state index in [0.717, 1.165) is 5.57 Å². The van der Waals surface area contributed by atoms with E-state index in [2.05, 4.69) is 149 Å². The van der Waals surface area contributed by atoms with Gasteiger partial charge in [0.05, 0.1) is 0 Å². The topological polar surface area (TPSA) is 9.23 Å². The maximum atomic E-state index is 6.54. The molecule has 3 aromatic carbocycles. The molecule has 2 heteroatoms. The first-order valence-corrected chi connectivity index (χ1v) is 13.4. The molecular formula is C36H35BO. The Labute approximate surface area is 228 Å². The first-order valence-electron chi connectivity index (χ1n) is 13.4. The van der Waals surface area contributed by atoms with Crippen LogP contribution in [0, 0.1) is 0 Å². The highest BCUT2D eigenvalue weighted by atomic mass is 16.5. The molecule has 38 heavy (non-hydrogen) atoms. The predicted octanol–water partition coefficient (Wildman–Crippen LogP) is 8.99. The molecule has 0 N–H and O–H groups in total. The van der Waals surface area contributed by atoms with E-state index in [1.807, 2.05) is 18.2 Å². The fourth-order valence-electron chi connectivity index (χ4n) is 5.14. The summed E-state index contributed by atoms with van der Waals surface area (Å²) in [7, 11) is 0. The van der Waals surface area contributed by atoms with Gasteiger partial charge < -0.3 is 4.65 Å². The van der Waals surface area contributed by atoms with E-state index < -0.39 is 0 Å². The van der Waals surface area contributed by atoms with Gasteiger partial charge >= 0.3 is 6.92 Å². The summed E-state index contributed by atoms with van der Waals surface area (Å²) in [6.07, 6.45) is 23.0. The Hall–Kier alpha value is -3.88. The van der Waals surface area contributed by atoms with E-state index in [-0.39, 0.29) is 17.8 Å². The molecule has 1 fully saturated rings. The van der Waals surface area contributed by atoms with Gasteiger partial charge in [-0.25, -0.2) is 0 Å². The van der Waals surface area contributed by atoms with Gasteiger partial charge in [-0.2, -0.15) is 0 Å². The van der Waals surface area contributed by atoms with Crippen molar-refractivity contribution in [3.05, 3.63) is 145 Å². The van der Waals surface area contributed by atoms with Crippen molar-refractivity contribution in [3.8, 4) is 22.3 Å². The van der Waals surface area contributed by atoms with E-state index in [0.29, 0.717) is 0 Å². The van der Waals surface area contributed by atoms with Gasteiger partial charge in [0.25, 0.3) is 0 Å². The first-order chi connectivity index (χ1) is 18.4. The minimum Gasteiger partial charge on any atom is -0.425 e. The normalized spacial score (nSPS) is 23.5. The van der Waals surface area contributed by atoms with Crippen LogP contribution >= 0.6 is 0 Å². The lowest BCUT2D eigenvalue weighted by atomic mass is 9.33. The second-order valence-electron chi connectivity index (χ2n) is 11.0. The van der Waals surface area contributed by atoms with Crippen LogP contribution in [0.15, 0.2) is 140 Å². The zero-order chi connectivity index (χ0) is 26.6. The SMILES string of the molecule is CC1(C)OB(c2cc(C3=C/C=C\C=C/C=C\C=C\C=C\3)c(-c3ccccc3)c(-c3ccccc3)c2)C1(C)C. The Morgan fingerprint density at radius 2 is 1.11 bits per heavy atom. The molecule has 5 rings (SSSR count). The minimum atomic E-state index is -0.178. The molecule has 0 bridgehead atoms. The van der Waals surface area contributed by atoms with E-state index >= 15 is 0 Å². The van der Waals surface area contributed by atoms with Crippen LogP contribution in [0.2, 0.25) is 5.31 Å². The average Bonchev–Trinajstić information content (AvgIpc) is 2.92. The van der Waals surface area contributed by atoms with E-state index in [4.69, 9.17) is 4.65 Å². The highest BCUT2D eigenvalue weighted by Crippen LogP contribution is 2.53. The molecule has 1 aliphatic carbocycles. The lowest BCUT2D eigenvalue weighted by Crippen LogP contribution is -2.66. The monoisotopic (exact) mass is 494 g/mol. The second-order valence-corrected chi connectivity index (χ2v) is 11.0. The van der Waals surface area contributed by atoms with Crippen molar-refractivity contribution in [2.75, 3.05) is 0 Å². The second kappa shape index (κ2) is 10.9. The molecule has 1 aliphatic heterocycles. The summed E-state index contributed by atoms with van der Waals surface area (Å²) in [4.78, 5) is 0. The highest BCUT2D eigenvalue weighted by Gasteiger charge is 2.59. The molecule has 1 saturated heterocycles. The number of hydrogen-bond donors (Lipinski definition) is 0. The van der Waals surface area contributed by atoms with Crippen molar-refractivity contribution < 1.29 is 4.65 Å². The molecule has 1 heterocycles. The molecule has 0 saturated carbocycles. The van der Waals surface area contributed by atoms with Crippen LogP contribution in [0.3, 0.4) is 0 Å². The summed E-state index contributed by atoms with van der Waals surface area (Å²) in [6.45, 7) is 9.03. The van der Waals surface area contributed by atoms with Crippen LogP contribution in [0.1, 0.15) is 33.3 Å². The van der Waals surface area contributed by atoms with E-state index in [9.17, 15) is 0 Å². The van der Waals surface area contributed by atoms with Crippen LogP contribution in [0.5, 0.6) is 0 Å². The third-order valence-electron chi connectivity index (χ3n) is 7.98. The fourth-order valence-corrected chi connectivity index (χ4v) is 5.14. The van der Waals surface area contributed by atoms with Gasteiger partial charge in [0.15, 0.2) is 0 Å². The molecule has 0 amide bonds. The highest BCUT2D eigenvalue weighted by molar-refractivity contribution is 6.73. The lowest BCUT2D eigenvalue weighted by molar-refractivity contribution is -0.00939. The van der Waals surface area contributed by atoms with Crippen LogP contribution in [-0.4, -0.2) is 12.5 Å². The van der Waals surface area contributed by atoms with Gasteiger partial charge in [-0.15, -0.1) is 0 Å². The van der Waals surface area contributed by atoms with Gasteiger partial charge in [-0.05, 0) is 52.7 Å². The Morgan fingerprint density at radius 3 is 1.68 bits per heavy atom. The summed E-state index contributed by atoms with van der Waals surface area (Å²) in [5.41, 5.74) is 8.23. The smallest absolute Gasteiger partial charge is 0.335 e. The summed E-state index contributed by atoms with van der Waals surface area (Å²) in [5, 5.41) is 0.00296.